The predicted molar refractivity (Wildman–Crippen MR) is 106 cm³/mol. The molecule has 0 bridgehead atoms. The monoisotopic (exact) mass is 398 g/mol. The van der Waals surface area contributed by atoms with E-state index in [1.807, 2.05) is 73.7 Å². The van der Waals surface area contributed by atoms with Gasteiger partial charge < -0.3 is 5.32 Å². The van der Waals surface area contributed by atoms with Gasteiger partial charge in [-0.15, -0.1) is 0 Å². The number of anilines is 1. The maximum Gasteiger partial charge on any atom is 0.286 e. The molecule has 0 aliphatic carbocycles. The number of nitrogens with one attached hydrogen (secondary N) is 1. The van der Waals surface area contributed by atoms with Gasteiger partial charge >= 0.3 is 0 Å². The molecule has 1 aliphatic rings. The van der Waals surface area contributed by atoms with Gasteiger partial charge in [-0.3, -0.25) is 4.79 Å². The molecule has 0 aromatic heterocycles. The molecule has 2 aromatic carbocycles. The number of carbonyl (C=O) groups excluding carboxylic acids is 1. The highest BCUT2D eigenvalue weighted by Crippen LogP contribution is 2.29. The molecule has 0 spiro atoms. The van der Waals surface area contributed by atoms with Crippen molar-refractivity contribution >= 4 is 50.5 Å². The molecule has 0 unspecified atom stereocenters. The van der Waals surface area contributed by atoms with Crippen molar-refractivity contribution in [2.75, 3.05) is 5.32 Å². The Labute approximate surface area is 153 Å². The summed E-state index contributed by atoms with van der Waals surface area (Å²) < 4.78 is 1.01. The molecule has 1 amide bonds. The molecule has 0 atom stereocenters. The van der Waals surface area contributed by atoms with Gasteiger partial charge in [0, 0.05) is 10.2 Å². The molecular formula is C19H15BrN2OS. The summed E-state index contributed by atoms with van der Waals surface area (Å²) in [6.45, 7) is 1.98. The van der Waals surface area contributed by atoms with Gasteiger partial charge in [0.25, 0.3) is 5.91 Å². The van der Waals surface area contributed by atoms with Crippen molar-refractivity contribution in [3.05, 3.63) is 81.2 Å². The summed E-state index contributed by atoms with van der Waals surface area (Å²) >= 11 is 4.75. The summed E-state index contributed by atoms with van der Waals surface area (Å²) in [5, 5.41) is 3.76. The van der Waals surface area contributed by atoms with Gasteiger partial charge in [0.15, 0.2) is 5.17 Å². The molecule has 0 radical (unpaired) electrons. The molecule has 5 heteroatoms. The fourth-order valence-electron chi connectivity index (χ4n) is 2.18. The summed E-state index contributed by atoms with van der Waals surface area (Å²) in [7, 11) is 0. The molecule has 1 aliphatic heterocycles. The highest BCUT2D eigenvalue weighted by atomic mass is 79.9. The van der Waals surface area contributed by atoms with Crippen molar-refractivity contribution in [3.63, 3.8) is 0 Å². The number of thioether (sulfide) groups is 1. The van der Waals surface area contributed by atoms with Crippen LogP contribution < -0.4 is 5.32 Å². The van der Waals surface area contributed by atoms with Gasteiger partial charge in [-0.05, 0) is 60.2 Å². The average molecular weight is 399 g/mol. The van der Waals surface area contributed by atoms with Gasteiger partial charge in [0.1, 0.15) is 0 Å². The zero-order chi connectivity index (χ0) is 16.9. The summed E-state index contributed by atoms with van der Waals surface area (Å²) in [6.07, 6.45) is 3.92. The van der Waals surface area contributed by atoms with Crippen LogP contribution in [0.15, 0.2) is 80.6 Å². The number of rotatable bonds is 3. The lowest BCUT2D eigenvalue weighted by atomic mass is 10.1. The topological polar surface area (TPSA) is 41.5 Å². The standard InChI is InChI=1S/C19H15BrN2OS/c1-13(11-14-5-3-2-4-6-14)12-17-18(23)22-19(24-17)21-16-9-7-15(20)8-10-16/h2-12H,1H3,(H,21,22,23). The molecule has 1 N–H and O–H groups in total. The maximum absolute atomic E-state index is 12.1. The van der Waals surface area contributed by atoms with E-state index in [0.717, 1.165) is 21.3 Å². The fourth-order valence-corrected chi connectivity index (χ4v) is 3.33. The lowest BCUT2D eigenvalue weighted by molar-refractivity contribution is -0.113. The maximum atomic E-state index is 12.1. The first kappa shape index (κ1) is 16.7. The Hall–Kier alpha value is -2.11. The van der Waals surface area contributed by atoms with Gasteiger partial charge in [-0.25, -0.2) is 0 Å². The summed E-state index contributed by atoms with van der Waals surface area (Å²) in [6, 6.07) is 17.8. The molecule has 0 saturated heterocycles. The number of hydrogen-bond acceptors (Lipinski definition) is 3. The van der Waals surface area contributed by atoms with Crippen molar-refractivity contribution < 1.29 is 4.79 Å². The second-order valence-corrected chi connectivity index (χ2v) is 7.21. The Kier molecular flexibility index (Phi) is 5.33. The van der Waals surface area contributed by atoms with E-state index in [0.29, 0.717) is 10.1 Å². The normalized spacial score (nSPS) is 16.4. The predicted octanol–water partition coefficient (Wildman–Crippen LogP) is 5.48. The van der Waals surface area contributed by atoms with E-state index in [1.54, 1.807) is 0 Å². The van der Waals surface area contributed by atoms with Gasteiger partial charge in [-0.1, -0.05) is 52.3 Å². The number of aliphatic imine (C=N–C) groups is 1. The van der Waals surface area contributed by atoms with E-state index in [9.17, 15) is 4.79 Å². The molecule has 24 heavy (non-hydrogen) atoms. The van der Waals surface area contributed by atoms with Crippen LogP contribution in [0.3, 0.4) is 0 Å². The van der Waals surface area contributed by atoms with Crippen LogP contribution in [0.5, 0.6) is 0 Å². The smallest absolute Gasteiger partial charge is 0.286 e. The van der Waals surface area contributed by atoms with Gasteiger partial charge in [-0.2, -0.15) is 4.99 Å². The first-order valence-corrected chi connectivity index (χ1v) is 8.99. The SMILES string of the molecule is CC(=Cc1ccccc1)C=C1SC(Nc2ccc(Br)cc2)=NC1=O. The third-order valence-electron chi connectivity index (χ3n) is 3.27. The van der Waals surface area contributed by atoms with Crippen LogP contribution >= 0.6 is 27.7 Å². The third-order valence-corrected chi connectivity index (χ3v) is 4.70. The van der Waals surface area contributed by atoms with E-state index in [2.05, 4.69) is 26.2 Å². The lowest BCUT2D eigenvalue weighted by Gasteiger charge is -2.04. The van der Waals surface area contributed by atoms with E-state index in [4.69, 9.17) is 0 Å². The lowest BCUT2D eigenvalue weighted by Crippen LogP contribution is -2.04. The van der Waals surface area contributed by atoms with E-state index >= 15 is 0 Å². The van der Waals surface area contributed by atoms with Crippen LogP contribution in [-0.2, 0) is 4.79 Å². The van der Waals surface area contributed by atoms with Crippen LogP contribution in [0.1, 0.15) is 12.5 Å². The van der Waals surface area contributed by atoms with E-state index in [1.165, 1.54) is 11.8 Å². The van der Waals surface area contributed by atoms with E-state index < -0.39 is 0 Å². The summed E-state index contributed by atoms with van der Waals surface area (Å²) in [5.74, 6) is -0.208. The number of halogens is 1. The van der Waals surface area contributed by atoms with Crippen molar-refractivity contribution in [3.8, 4) is 0 Å². The largest absolute Gasteiger partial charge is 0.334 e. The Morgan fingerprint density at radius 1 is 1.12 bits per heavy atom. The number of amides is 1. The average Bonchev–Trinajstić information content (AvgIpc) is 2.90. The first-order valence-electron chi connectivity index (χ1n) is 7.39. The minimum atomic E-state index is -0.208. The van der Waals surface area contributed by atoms with Crippen molar-refractivity contribution in [2.24, 2.45) is 4.99 Å². The van der Waals surface area contributed by atoms with Crippen LogP contribution in [0.2, 0.25) is 0 Å². The van der Waals surface area contributed by atoms with Crippen molar-refractivity contribution in [2.45, 2.75) is 6.92 Å². The number of amidine groups is 1. The second kappa shape index (κ2) is 7.64. The molecule has 3 nitrogen and oxygen atoms in total. The quantitative estimate of drug-likeness (QED) is 0.696. The molecule has 3 rings (SSSR count). The fraction of sp³-hybridized carbons (Fsp3) is 0.0526. The summed E-state index contributed by atoms with van der Waals surface area (Å²) in [5.41, 5.74) is 3.02. The Morgan fingerprint density at radius 2 is 1.83 bits per heavy atom. The number of carbonyl (C=O) groups is 1. The Bertz CT molecular complexity index is 839. The molecule has 0 saturated carbocycles. The highest BCUT2D eigenvalue weighted by Gasteiger charge is 2.21. The van der Waals surface area contributed by atoms with Crippen LogP contribution in [0.4, 0.5) is 5.69 Å². The van der Waals surface area contributed by atoms with Crippen LogP contribution in [0, 0.1) is 0 Å². The molecular weight excluding hydrogens is 384 g/mol. The first-order chi connectivity index (χ1) is 11.6. The van der Waals surface area contributed by atoms with Gasteiger partial charge in [0.2, 0.25) is 0 Å². The van der Waals surface area contributed by atoms with E-state index in [-0.39, 0.29) is 5.91 Å². The van der Waals surface area contributed by atoms with Gasteiger partial charge in [0.05, 0.1) is 4.91 Å². The summed E-state index contributed by atoms with van der Waals surface area (Å²) in [4.78, 5) is 16.8. The minimum Gasteiger partial charge on any atom is -0.334 e. The Balaban J connectivity index is 1.70. The highest BCUT2D eigenvalue weighted by molar-refractivity contribution is 9.10. The third kappa shape index (κ3) is 4.46. The molecule has 0 fully saturated rings. The molecule has 120 valence electrons. The van der Waals surface area contributed by atoms with Crippen LogP contribution in [0.25, 0.3) is 6.08 Å². The van der Waals surface area contributed by atoms with Crippen molar-refractivity contribution in [1.29, 1.82) is 0 Å². The minimum absolute atomic E-state index is 0.208. The molecule has 2 aromatic rings. The number of hydrogen-bond donors (Lipinski definition) is 1. The Morgan fingerprint density at radius 3 is 2.54 bits per heavy atom. The zero-order valence-electron chi connectivity index (χ0n) is 13.0. The molecule has 1 heterocycles. The second-order valence-electron chi connectivity index (χ2n) is 5.26. The zero-order valence-corrected chi connectivity index (χ0v) is 15.4. The number of allylic oxidation sites excluding steroid dienone is 2. The number of nitrogens with zero attached hydrogens (tertiary/aromatic N) is 1. The van der Waals surface area contributed by atoms with Crippen molar-refractivity contribution in [1.82, 2.24) is 0 Å². The van der Waals surface area contributed by atoms with Crippen LogP contribution in [-0.4, -0.2) is 11.1 Å². The number of benzene rings is 2.